The molecule has 0 radical (unpaired) electrons. The van der Waals surface area contributed by atoms with Gasteiger partial charge < -0.3 is 14.4 Å². The molecular weight excluding hydrogens is 321 g/mol. The SMILES string of the molecule is COc1cc2c(cc1OC)[C@@H](C)N(c1nc(Cl)ncc1F)CC2. The van der Waals surface area contributed by atoms with Crippen molar-refractivity contribution in [2.24, 2.45) is 0 Å². The Hall–Kier alpha value is -2.08. The number of nitrogens with zero attached hydrogens (tertiary/aromatic N) is 3. The number of fused-ring (bicyclic) bond motifs is 1. The van der Waals surface area contributed by atoms with Gasteiger partial charge in [-0.05, 0) is 48.2 Å². The summed E-state index contributed by atoms with van der Waals surface area (Å²) in [5.41, 5.74) is 2.22. The van der Waals surface area contributed by atoms with Gasteiger partial charge in [0.1, 0.15) is 0 Å². The van der Waals surface area contributed by atoms with E-state index in [1.165, 1.54) is 0 Å². The van der Waals surface area contributed by atoms with Crippen LogP contribution in [-0.4, -0.2) is 30.7 Å². The molecule has 1 aromatic carbocycles. The number of methoxy groups -OCH3 is 2. The zero-order valence-electron chi connectivity index (χ0n) is 13.1. The topological polar surface area (TPSA) is 47.5 Å². The molecule has 2 aromatic rings. The minimum absolute atomic E-state index is 0.0340. The Balaban J connectivity index is 2.03. The van der Waals surface area contributed by atoms with Crippen molar-refractivity contribution in [1.29, 1.82) is 0 Å². The van der Waals surface area contributed by atoms with E-state index in [1.54, 1.807) is 14.2 Å². The maximum atomic E-state index is 14.1. The Morgan fingerprint density at radius 3 is 2.65 bits per heavy atom. The summed E-state index contributed by atoms with van der Waals surface area (Å²) in [7, 11) is 3.21. The maximum absolute atomic E-state index is 14.1. The zero-order valence-corrected chi connectivity index (χ0v) is 13.9. The predicted octanol–water partition coefficient (Wildman–Crippen LogP) is 3.41. The molecule has 0 amide bonds. The number of aromatic nitrogens is 2. The molecule has 122 valence electrons. The van der Waals surface area contributed by atoms with Crippen molar-refractivity contribution in [3.05, 3.63) is 40.6 Å². The first-order valence-electron chi connectivity index (χ1n) is 7.24. The van der Waals surface area contributed by atoms with E-state index in [0.29, 0.717) is 18.0 Å². The highest BCUT2D eigenvalue weighted by Crippen LogP contribution is 2.39. The van der Waals surface area contributed by atoms with Crippen LogP contribution >= 0.6 is 11.6 Å². The minimum atomic E-state index is -0.481. The lowest BCUT2D eigenvalue weighted by Gasteiger charge is -2.36. The van der Waals surface area contributed by atoms with E-state index >= 15 is 0 Å². The Morgan fingerprint density at radius 2 is 1.96 bits per heavy atom. The Bertz CT molecular complexity index is 742. The van der Waals surface area contributed by atoms with Crippen molar-refractivity contribution in [2.75, 3.05) is 25.7 Å². The van der Waals surface area contributed by atoms with Crippen LogP contribution in [0.2, 0.25) is 5.28 Å². The third-order valence-electron chi connectivity index (χ3n) is 4.15. The minimum Gasteiger partial charge on any atom is -0.493 e. The third-order valence-corrected chi connectivity index (χ3v) is 4.34. The van der Waals surface area contributed by atoms with Crippen molar-refractivity contribution in [1.82, 2.24) is 9.97 Å². The van der Waals surface area contributed by atoms with Crippen molar-refractivity contribution in [2.45, 2.75) is 19.4 Å². The second kappa shape index (κ2) is 6.20. The second-order valence-corrected chi connectivity index (χ2v) is 5.67. The lowest BCUT2D eigenvalue weighted by molar-refractivity contribution is 0.353. The first-order valence-corrected chi connectivity index (χ1v) is 7.62. The van der Waals surface area contributed by atoms with E-state index in [1.807, 2.05) is 24.0 Å². The summed E-state index contributed by atoms with van der Waals surface area (Å²) in [5, 5.41) is 0.0340. The van der Waals surface area contributed by atoms with Crippen molar-refractivity contribution >= 4 is 17.4 Å². The summed E-state index contributed by atoms with van der Waals surface area (Å²) in [6, 6.07) is 3.84. The van der Waals surface area contributed by atoms with Gasteiger partial charge in [-0.25, -0.2) is 9.37 Å². The van der Waals surface area contributed by atoms with Crippen LogP contribution in [0.15, 0.2) is 18.3 Å². The molecule has 3 rings (SSSR count). The quantitative estimate of drug-likeness (QED) is 0.803. The Labute approximate surface area is 139 Å². The fourth-order valence-electron chi connectivity index (χ4n) is 2.97. The standard InChI is InChI=1S/C16H17ClFN3O2/c1-9-11-7-14(23-3)13(22-2)6-10(11)4-5-21(9)15-12(18)8-19-16(17)20-15/h6-9H,4-5H2,1-3H3/t9-/m1/s1. The maximum Gasteiger partial charge on any atom is 0.224 e. The first kappa shape index (κ1) is 15.8. The van der Waals surface area contributed by atoms with E-state index in [4.69, 9.17) is 21.1 Å². The molecule has 0 N–H and O–H groups in total. The number of hydrogen-bond donors (Lipinski definition) is 0. The van der Waals surface area contributed by atoms with Crippen LogP contribution in [0.5, 0.6) is 11.5 Å². The number of rotatable bonds is 3. The number of benzene rings is 1. The van der Waals surface area contributed by atoms with Gasteiger partial charge in [0.2, 0.25) is 5.28 Å². The van der Waals surface area contributed by atoms with Gasteiger partial charge in [-0.1, -0.05) is 0 Å². The van der Waals surface area contributed by atoms with Gasteiger partial charge in [-0.15, -0.1) is 0 Å². The average Bonchev–Trinajstić information content (AvgIpc) is 2.56. The monoisotopic (exact) mass is 337 g/mol. The van der Waals surface area contributed by atoms with Crippen LogP contribution in [0.3, 0.4) is 0 Å². The smallest absolute Gasteiger partial charge is 0.224 e. The molecule has 1 aromatic heterocycles. The third kappa shape index (κ3) is 2.79. The number of halogens is 2. The average molecular weight is 338 g/mol. The van der Waals surface area contributed by atoms with Crippen molar-refractivity contribution in [3.63, 3.8) is 0 Å². The van der Waals surface area contributed by atoms with Crippen LogP contribution in [0.25, 0.3) is 0 Å². The molecule has 0 saturated heterocycles. The van der Waals surface area contributed by atoms with Gasteiger partial charge in [0, 0.05) is 6.54 Å². The van der Waals surface area contributed by atoms with Gasteiger partial charge in [0.25, 0.3) is 0 Å². The highest BCUT2D eigenvalue weighted by Gasteiger charge is 2.28. The molecule has 0 aliphatic carbocycles. The molecule has 5 nitrogen and oxygen atoms in total. The van der Waals surface area contributed by atoms with E-state index in [9.17, 15) is 4.39 Å². The summed E-state index contributed by atoms with van der Waals surface area (Å²) < 4.78 is 24.8. The van der Waals surface area contributed by atoms with E-state index in [0.717, 1.165) is 23.7 Å². The molecule has 1 aliphatic heterocycles. The molecule has 7 heteroatoms. The lowest BCUT2D eigenvalue weighted by Crippen LogP contribution is -2.35. The predicted molar refractivity (Wildman–Crippen MR) is 86.0 cm³/mol. The fraction of sp³-hybridized carbons (Fsp3) is 0.375. The van der Waals surface area contributed by atoms with Gasteiger partial charge >= 0.3 is 0 Å². The summed E-state index contributed by atoms with van der Waals surface area (Å²) in [4.78, 5) is 9.60. The summed E-state index contributed by atoms with van der Waals surface area (Å²) in [6.07, 6.45) is 1.85. The molecule has 0 unspecified atom stereocenters. The van der Waals surface area contributed by atoms with Crippen LogP contribution in [0.4, 0.5) is 10.2 Å². The van der Waals surface area contributed by atoms with E-state index in [2.05, 4.69) is 9.97 Å². The van der Waals surface area contributed by atoms with Gasteiger partial charge in [-0.3, -0.25) is 0 Å². The largest absolute Gasteiger partial charge is 0.493 e. The van der Waals surface area contributed by atoms with E-state index < -0.39 is 5.82 Å². The number of anilines is 1. The molecule has 0 saturated carbocycles. The molecule has 2 heterocycles. The first-order chi connectivity index (χ1) is 11.0. The van der Waals surface area contributed by atoms with Crippen molar-refractivity contribution < 1.29 is 13.9 Å². The molecule has 0 bridgehead atoms. The molecule has 0 spiro atoms. The summed E-state index contributed by atoms with van der Waals surface area (Å²) in [5.74, 6) is 1.09. The Kier molecular flexibility index (Phi) is 4.26. The number of ether oxygens (including phenoxy) is 2. The van der Waals surface area contributed by atoms with Gasteiger partial charge in [-0.2, -0.15) is 4.98 Å². The van der Waals surface area contributed by atoms with E-state index in [-0.39, 0.29) is 17.1 Å². The highest BCUT2D eigenvalue weighted by molar-refractivity contribution is 6.28. The normalized spacial score (nSPS) is 16.9. The highest BCUT2D eigenvalue weighted by atomic mass is 35.5. The Morgan fingerprint density at radius 1 is 1.26 bits per heavy atom. The molecule has 0 fully saturated rings. The zero-order chi connectivity index (χ0) is 16.6. The van der Waals surface area contributed by atoms with Gasteiger partial charge in [0.15, 0.2) is 23.1 Å². The second-order valence-electron chi connectivity index (χ2n) is 5.34. The van der Waals surface area contributed by atoms with Gasteiger partial charge in [0.05, 0.1) is 26.5 Å². The van der Waals surface area contributed by atoms with Crippen molar-refractivity contribution in [3.8, 4) is 11.5 Å². The van der Waals surface area contributed by atoms with Crippen LogP contribution < -0.4 is 14.4 Å². The molecule has 1 atom stereocenters. The summed E-state index contributed by atoms with van der Waals surface area (Å²) in [6.45, 7) is 2.63. The molecule has 1 aliphatic rings. The molecule has 23 heavy (non-hydrogen) atoms. The van der Waals surface area contributed by atoms with Crippen LogP contribution in [0.1, 0.15) is 24.1 Å². The van der Waals surface area contributed by atoms with Crippen LogP contribution in [0, 0.1) is 5.82 Å². The molecular formula is C16H17ClFN3O2. The summed E-state index contributed by atoms with van der Waals surface area (Å²) >= 11 is 5.82. The number of hydrogen-bond acceptors (Lipinski definition) is 5. The lowest BCUT2D eigenvalue weighted by atomic mass is 9.93. The van der Waals surface area contributed by atoms with Crippen LogP contribution in [-0.2, 0) is 6.42 Å². The fourth-order valence-corrected chi connectivity index (χ4v) is 3.10.